The van der Waals surface area contributed by atoms with Gasteiger partial charge in [0.2, 0.25) is 0 Å². The Morgan fingerprint density at radius 2 is 1.71 bits per heavy atom. The van der Waals surface area contributed by atoms with Crippen LogP contribution in [0.5, 0.6) is 5.75 Å². The molecule has 2 fully saturated rings. The van der Waals surface area contributed by atoms with Gasteiger partial charge in [0.25, 0.3) is 11.7 Å². The molecule has 0 bridgehead atoms. The number of hydrogen-bond acceptors (Lipinski definition) is 4. The number of aliphatic hydroxyl groups is 1. The number of ether oxygens (including phenoxy) is 1. The molecule has 0 radical (unpaired) electrons. The van der Waals surface area contributed by atoms with E-state index in [0.29, 0.717) is 12.2 Å². The van der Waals surface area contributed by atoms with Crippen molar-refractivity contribution in [3.63, 3.8) is 0 Å². The van der Waals surface area contributed by atoms with Crippen molar-refractivity contribution in [1.82, 2.24) is 4.90 Å². The molecule has 1 aliphatic heterocycles. The highest BCUT2D eigenvalue weighted by Gasteiger charge is 2.48. The molecule has 5 nitrogen and oxygen atoms in total. The first-order valence-corrected chi connectivity index (χ1v) is 13.0. The second kappa shape index (κ2) is 10.7. The van der Waals surface area contributed by atoms with Crippen LogP contribution in [-0.4, -0.2) is 34.3 Å². The fraction of sp³-hybridized carbons (Fsp3) is 0.467. The van der Waals surface area contributed by atoms with Gasteiger partial charge in [-0.15, -0.1) is 0 Å². The summed E-state index contributed by atoms with van der Waals surface area (Å²) in [7, 11) is 0. The van der Waals surface area contributed by atoms with Gasteiger partial charge in [0, 0.05) is 11.6 Å². The van der Waals surface area contributed by atoms with Crippen LogP contribution >= 0.6 is 0 Å². The summed E-state index contributed by atoms with van der Waals surface area (Å²) in [5.41, 5.74) is 3.74. The number of ketones is 1. The maximum atomic E-state index is 13.4. The van der Waals surface area contributed by atoms with Gasteiger partial charge < -0.3 is 14.7 Å². The first kappa shape index (κ1) is 25.0. The molecule has 0 aromatic heterocycles. The zero-order valence-corrected chi connectivity index (χ0v) is 21.3. The van der Waals surface area contributed by atoms with E-state index in [-0.39, 0.29) is 23.3 Å². The summed E-state index contributed by atoms with van der Waals surface area (Å²) in [6.07, 6.45) is 5.93. The molecular weight excluding hydrogens is 438 g/mol. The molecule has 186 valence electrons. The van der Waals surface area contributed by atoms with E-state index in [1.807, 2.05) is 43.3 Å². The third-order valence-electron chi connectivity index (χ3n) is 7.36. The number of aryl methyl sites for hydroxylation is 1. The number of aliphatic hydroxyl groups excluding tert-OH is 1. The maximum Gasteiger partial charge on any atom is 0.295 e. The van der Waals surface area contributed by atoms with Crippen LogP contribution in [0, 0.1) is 0 Å². The predicted molar refractivity (Wildman–Crippen MR) is 139 cm³/mol. The number of nitrogens with zero attached hydrogens (tertiary/aromatic N) is 1. The molecule has 5 heteroatoms. The Morgan fingerprint density at radius 1 is 1.03 bits per heavy atom. The van der Waals surface area contributed by atoms with Crippen molar-refractivity contribution in [2.45, 2.75) is 84.2 Å². The van der Waals surface area contributed by atoms with Crippen molar-refractivity contribution in [1.29, 1.82) is 0 Å². The monoisotopic (exact) mass is 475 g/mol. The number of hydrogen-bond donors (Lipinski definition) is 1. The van der Waals surface area contributed by atoms with Crippen LogP contribution < -0.4 is 4.74 Å². The number of carbonyl (C=O) groups excluding carboxylic acids is 2. The summed E-state index contributed by atoms with van der Waals surface area (Å²) in [5.74, 6) is -0.272. The summed E-state index contributed by atoms with van der Waals surface area (Å²) in [6, 6.07) is 13.0. The molecule has 1 saturated heterocycles. The minimum Gasteiger partial charge on any atom is -0.507 e. The van der Waals surface area contributed by atoms with Crippen LogP contribution in [-0.2, 0) is 16.0 Å². The van der Waals surface area contributed by atoms with Gasteiger partial charge in [0.15, 0.2) is 0 Å². The van der Waals surface area contributed by atoms with E-state index < -0.39 is 17.7 Å². The van der Waals surface area contributed by atoms with Gasteiger partial charge in [-0.3, -0.25) is 9.59 Å². The van der Waals surface area contributed by atoms with Crippen LogP contribution in [0.4, 0.5) is 0 Å². The first-order valence-electron chi connectivity index (χ1n) is 13.0. The van der Waals surface area contributed by atoms with Gasteiger partial charge in [-0.2, -0.15) is 0 Å². The van der Waals surface area contributed by atoms with Crippen molar-refractivity contribution in [3.05, 3.63) is 70.3 Å². The number of amides is 1. The van der Waals surface area contributed by atoms with Gasteiger partial charge in [-0.05, 0) is 67.0 Å². The SMILES string of the molecule is CCOc1ccc(/C(O)=C2/C(=O)C(=O)N(C3CCCCC3)C2c2ccc(CC)cc2)cc1C(C)C. The highest BCUT2D eigenvalue weighted by molar-refractivity contribution is 6.46. The van der Waals surface area contributed by atoms with Crippen LogP contribution in [0.1, 0.15) is 94.0 Å². The molecule has 35 heavy (non-hydrogen) atoms. The fourth-order valence-electron chi connectivity index (χ4n) is 5.44. The van der Waals surface area contributed by atoms with Crippen molar-refractivity contribution >= 4 is 17.4 Å². The van der Waals surface area contributed by atoms with Crippen molar-refractivity contribution in [2.75, 3.05) is 6.61 Å². The minimum absolute atomic E-state index is 0.00732. The third-order valence-corrected chi connectivity index (χ3v) is 7.36. The number of likely N-dealkylation sites (tertiary alicyclic amines) is 1. The molecular formula is C30H37NO4. The zero-order valence-electron chi connectivity index (χ0n) is 21.3. The highest BCUT2D eigenvalue weighted by atomic mass is 16.5. The van der Waals surface area contributed by atoms with E-state index in [4.69, 9.17) is 4.74 Å². The minimum atomic E-state index is -0.599. The van der Waals surface area contributed by atoms with Gasteiger partial charge in [0.05, 0.1) is 18.2 Å². The van der Waals surface area contributed by atoms with Crippen LogP contribution in [0.25, 0.3) is 5.76 Å². The quantitative estimate of drug-likeness (QED) is 0.281. The second-order valence-electron chi connectivity index (χ2n) is 9.93. The number of benzene rings is 2. The molecule has 4 rings (SSSR count). The summed E-state index contributed by atoms with van der Waals surface area (Å²) in [4.78, 5) is 28.6. The highest BCUT2D eigenvalue weighted by Crippen LogP contribution is 2.43. The molecule has 1 heterocycles. The summed E-state index contributed by atoms with van der Waals surface area (Å²) < 4.78 is 5.78. The molecule has 1 atom stereocenters. The number of rotatable bonds is 7. The lowest BCUT2D eigenvalue weighted by atomic mass is 9.90. The molecule has 1 saturated carbocycles. The predicted octanol–water partition coefficient (Wildman–Crippen LogP) is 6.53. The Labute approximate surface area is 208 Å². The van der Waals surface area contributed by atoms with Gasteiger partial charge in [-0.25, -0.2) is 0 Å². The fourth-order valence-corrected chi connectivity index (χ4v) is 5.44. The van der Waals surface area contributed by atoms with Crippen molar-refractivity contribution < 1.29 is 19.4 Å². The molecule has 2 aromatic carbocycles. The van der Waals surface area contributed by atoms with Gasteiger partial charge in [-0.1, -0.05) is 64.3 Å². The molecule has 1 amide bonds. The lowest BCUT2D eigenvalue weighted by molar-refractivity contribution is -0.141. The molecule has 2 aliphatic rings. The molecule has 1 aliphatic carbocycles. The van der Waals surface area contributed by atoms with E-state index >= 15 is 0 Å². The van der Waals surface area contributed by atoms with Crippen molar-refractivity contribution in [2.24, 2.45) is 0 Å². The molecule has 2 aromatic rings. The van der Waals surface area contributed by atoms with E-state index in [0.717, 1.165) is 55.4 Å². The average Bonchev–Trinajstić information content (AvgIpc) is 3.14. The Balaban J connectivity index is 1.86. The Bertz CT molecular complexity index is 1110. The third kappa shape index (κ3) is 4.86. The molecule has 1 unspecified atom stereocenters. The number of carbonyl (C=O) groups is 2. The summed E-state index contributed by atoms with van der Waals surface area (Å²) in [5, 5.41) is 11.5. The first-order chi connectivity index (χ1) is 16.9. The normalized spacial score (nSPS) is 20.6. The van der Waals surface area contributed by atoms with Crippen LogP contribution in [0.2, 0.25) is 0 Å². The van der Waals surface area contributed by atoms with E-state index in [1.165, 1.54) is 5.56 Å². The van der Waals surface area contributed by atoms with Gasteiger partial charge >= 0.3 is 0 Å². The summed E-state index contributed by atoms with van der Waals surface area (Å²) >= 11 is 0. The average molecular weight is 476 g/mol. The smallest absolute Gasteiger partial charge is 0.295 e. The lowest BCUT2D eigenvalue weighted by Crippen LogP contribution is -2.40. The van der Waals surface area contributed by atoms with E-state index in [1.54, 1.807) is 11.0 Å². The van der Waals surface area contributed by atoms with Crippen LogP contribution in [0.3, 0.4) is 0 Å². The van der Waals surface area contributed by atoms with E-state index in [2.05, 4.69) is 20.8 Å². The largest absolute Gasteiger partial charge is 0.507 e. The van der Waals surface area contributed by atoms with Crippen molar-refractivity contribution in [3.8, 4) is 5.75 Å². The Morgan fingerprint density at radius 3 is 2.31 bits per heavy atom. The van der Waals surface area contributed by atoms with Gasteiger partial charge in [0.1, 0.15) is 11.5 Å². The summed E-state index contributed by atoms with van der Waals surface area (Å²) in [6.45, 7) is 8.72. The molecule has 1 N–H and O–H groups in total. The maximum absolute atomic E-state index is 13.4. The molecule has 0 spiro atoms. The van der Waals surface area contributed by atoms with Crippen LogP contribution in [0.15, 0.2) is 48.0 Å². The Kier molecular flexibility index (Phi) is 7.63. The lowest BCUT2D eigenvalue weighted by Gasteiger charge is -2.35. The zero-order chi connectivity index (χ0) is 25.1. The Hall–Kier alpha value is -3.08. The van der Waals surface area contributed by atoms with E-state index in [9.17, 15) is 14.7 Å². The second-order valence-corrected chi connectivity index (χ2v) is 9.93. The topological polar surface area (TPSA) is 66.8 Å². The standard InChI is InChI=1S/C30H37NO4/c1-5-20-12-14-21(15-13-20)27-26(29(33)30(34)31(27)23-10-8-7-9-11-23)28(32)22-16-17-25(35-6-2)24(18-22)19(3)4/h12-19,23,27,32H,5-11H2,1-4H3/b28-26-. The number of Topliss-reactive ketones (excluding diaryl/α,β-unsaturated/α-hetero) is 1.